The van der Waals surface area contributed by atoms with Gasteiger partial charge in [-0.2, -0.15) is 0 Å². The lowest BCUT2D eigenvalue weighted by Crippen LogP contribution is -2.33. The molecule has 32 heavy (non-hydrogen) atoms. The van der Waals surface area contributed by atoms with Crippen LogP contribution < -0.4 is 16.4 Å². The molecular weight excluding hydrogens is 434 g/mol. The van der Waals surface area contributed by atoms with Crippen LogP contribution in [0.3, 0.4) is 0 Å². The van der Waals surface area contributed by atoms with Crippen molar-refractivity contribution in [3.63, 3.8) is 0 Å². The molecule has 0 spiro atoms. The second-order valence-corrected chi connectivity index (χ2v) is 8.86. The summed E-state index contributed by atoms with van der Waals surface area (Å²) in [7, 11) is -3.58. The van der Waals surface area contributed by atoms with Gasteiger partial charge in [0.2, 0.25) is 5.91 Å². The molecule has 3 rings (SSSR count). The molecule has 9 nitrogen and oxygen atoms in total. The van der Waals surface area contributed by atoms with E-state index in [2.05, 4.69) is 10.6 Å². The van der Waals surface area contributed by atoms with Crippen molar-refractivity contribution < 1.29 is 27.2 Å². The van der Waals surface area contributed by atoms with Crippen LogP contribution in [-0.2, 0) is 26.9 Å². The molecule has 0 saturated carbocycles. The minimum atomic E-state index is -3.58. The molecule has 0 bridgehead atoms. The van der Waals surface area contributed by atoms with Crippen LogP contribution >= 0.6 is 0 Å². The molecule has 4 N–H and O–H groups in total. The highest BCUT2D eigenvalue weighted by atomic mass is 32.2. The summed E-state index contributed by atoms with van der Waals surface area (Å²) in [6, 6.07) is 17.3. The van der Waals surface area contributed by atoms with Crippen LogP contribution in [0.5, 0.6) is 0 Å². The van der Waals surface area contributed by atoms with Gasteiger partial charge in [-0.1, -0.05) is 30.3 Å². The quantitative estimate of drug-likeness (QED) is 0.444. The summed E-state index contributed by atoms with van der Waals surface area (Å²) in [6.07, 6.45) is 0. The lowest BCUT2D eigenvalue weighted by Gasteiger charge is -2.06. The minimum absolute atomic E-state index is 0.00860. The van der Waals surface area contributed by atoms with Gasteiger partial charge in [0.25, 0.3) is 11.8 Å². The van der Waals surface area contributed by atoms with E-state index in [4.69, 9.17) is 10.2 Å². The maximum absolute atomic E-state index is 12.4. The lowest BCUT2D eigenvalue weighted by molar-refractivity contribution is -0.117. The van der Waals surface area contributed by atoms with Crippen LogP contribution in [0, 0.1) is 0 Å². The van der Waals surface area contributed by atoms with Crippen molar-refractivity contribution >= 4 is 27.6 Å². The summed E-state index contributed by atoms with van der Waals surface area (Å²) >= 11 is 0. The number of nitrogens with one attached hydrogen (secondary N) is 2. The first-order valence-corrected chi connectivity index (χ1v) is 11.2. The normalized spacial score (nSPS) is 11.0. The molecule has 3 aromatic rings. The average molecular weight is 455 g/mol. The number of rotatable bonds is 9. The van der Waals surface area contributed by atoms with Gasteiger partial charge in [0, 0.05) is 12.1 Å². The first-order valence-electron chi connectivity index (χ1n) is 9.55. The second kappa shape index (κ2) is 9.92. The van der Waals surface area contributed by atoms with Gasteiger partial charge in [-0.3, -0.25) is 14.4 Å². The Morgan fingerprint density at radius 1 is 0.844 bits per heavy atom. The fraction of sp³-hybridized carbons (Fsp3) is 0.136. The summed E-state index contributed by atoms with van der Waals surface area (Å²) < 4.78 is 30.3. The summed E-state index contributed by atoms with van der Waals surface area (Å²) in [5.41, 5.74) is 6.06. The van der Waals surface area contributed by atoms with Crippen molar-refractivity contribution in [1.82, 2.24) is 10.6 Å². The number of hydrogen-bond donors (Lipinski definition) is 3. The van der Waals surface area contributed by atoms with Crippen molar-refractivity contribution in [2.24, 2.45) is 5.73 Å². The van der Waals surface area contributed by atoms with Crippen LogP contribution in [-0.4, -0.2) is 32.7 Å². The fourth-order valence-electron chi connectivity index (χ4n) is 2.79. The molecule has 3 amide bonds. The Hall–Kier alpha value is -3.92. The van der Waals surface area contributed by atoms with E-state index in [1.54, 1.807) is 42.5 Å². The zero-order chi connectivity index (χ0) is 23.1. The summed E-state index contributed by atoms with van der Waals surface area (Å²) in [5, 5.41) is 5.05. The maximum atomic E-state index is 12.4. The topological polar surface area (TPSA) is 149 Å². The summed E-state index contributed by atoms with van der Waals surface area (Å²) in [5.74, 6) is -1.79. The zero-order valence-electron chi connectivity index (χ0n) is 16.9. The number of carbonyl (C=O) groups is 3. The van der Waals surface area contributed by atoms with E-state index in [1.165, 1.54) is 24.3 Å². The molecule has 0 fully saturated rings. The number of amides is 3. The van der Waals surface area contributed by atoms with E-state index < -0.39 is 27.6 Å². The van der Waals surface area contributed by atoms with E-state index in [1.807, 2.05) is 0 Å². The van der Waals surface area contributed by atoms with Gasteiger partial charge >= 0.3 is 0 Å². The van der Waals surface area contributed by atoms with Crippen molar-refractivity contribution in [3.8, 4) is 0 Å². The van der Waals surface area contributed by atoms with Crippen LogP contribution in [0.4, 0.5) is 0 Å². The molecule has 0 atom stereocenters. The van der Waals surface area contributed by atoms with Gasteiger partial charge in [-0.15, -0.1) is 0 Å². The number of furan rings is 1. The van der Waals surface area contributed by atoms with Crippen LogP contribution in [0.25, 0.3) is 0 Å². The van der Waals surface area contributed by atoms with Crippen LogP contribution in [0.2, 0.25) is 0 Å². The van der Waals surface area contributed by atoms with Gasteiger partial charge in [0.15, 0.2) is 15.6 Å². The highest BCUT2D eigenvalue weighted by Crippen LogP contribution is 2.18. The van der Waals surface area contributed by atoms with Crippen LogP contribution in [0.15, 0.2) is 76.0 Å². The maximum Gasteiger partial charge on any atom is 0.287 e. The molecule has 0 aliphatic carbocycles. The van der Waals surface area contributed by atoms with E-state index in [0.29, 0.717) is 5.56 Å². The average Bonchev–Trinajstić information content (AvgIpc) is 3.24. The molecule has 0 aliphatic heterocycles. The van der Waals surface area contributed by atoms with Crippen LogP contribution in [0.1, 0.15) is 32.2 Å². The van der Waals surface area contributed by atoms with Gasteiger partial charge in [-0.05, 0) is 42.0 Å². The molecule has 1 heterocycles. The molecule has 166 valence electrons. The Morgan fingerprint density at radius 2 is 1.53 bits per heavy atom. The predicted octanol–water partition coefficient (Wildman–Crippen LogP) is 1.40. The molecule has 0 aliphatic rings. The van der Waals surface area contributed by atoms with Crippen molar-refractivity contribution in [3.05, 3.63) is 89.4 Å². The Bertz CT molecular complexity index is 1220. The number of benzene rings is 2. The number of sulfone groups is 1. The minimum Gasteiger partial charge on any atom is -0.455 e. The summed E-state index contributed by atoms with van der Waals surface area (Å²) in [6.45, 7) is -0.0885. The molecule has 0 saturated heterocycles. The molecule has 0 unspecified atom stereocenters. The lowest BCUT2D eigenvalue weighted by atomic mass is 10.1. The van der Waals surface area contributed by atoms with E-state index >= 15 is 0 Å². The van der Waals surface area contributed by atoms with Crippen molar-refractivity contribution in [1.29, 1.82) is 0 Å². The first kappa shape index (κ1) is 22.8. The monoisotopic (exact) mass is 455 g/mol. The molecule has 1 aromatic heterocycles. The van der Waals surface area contributed by atoms with Gasteiger partial charge in [0.1, 0.15) is 11.5 Å². The molecular formula is C22H21N3O6S. The highest BCUT2D eigenvalue weighted by Gasteiger charge is 2.19. The second-order valence-electron chi connectivity index (χ2n) is 6.87. The van der Waals surface area contributed by atoms with Gasteiger partial charge in [0.05, 0.1) is 11.4 Å². The number of nitrogens with two attached hydrogens (primary N) is 1. The third kappa shape index (κ3) is 6.05. The zero-order valence-corrected chi connectivity index (χ0v) is 17.7. The SMILES string of the molecule is NC(=O)CNC(=O)c1ccc(CNC(=O)c2ccc(CS(=O)(=O)c3ccccc3)o2)cc1. The fourth-order valence-corrected chi connectivity index (χ4v) is 4.06. The Morgan fingerprint density at radius 3 is 2.19 bits per heavy atom. The number of primary amides is 1. The van der Waals surface area contributed by atoms with Gasteiger partial charge in [-0.25, -0.2) is 8.42 Å². The van der Waals surface area contributed by atoms with Crippen molar-refractivity contribution in [2.75, 3.05) is 6.54 Å². The third-order valence-corrected chi connectivity index (χ3v) is 6.07. The Labute approximate surface area is 184 Å². The predicted molar refractivity (Wildman–Crippen MR) is 115 cm³/mol. The number of carbonyl (C=O) groups excluding carboxylic acids is 3. The van der Waals surface area contributed by atoms with E-state index in [-0.39, 0.29) is 35.3 Å². The van der Waals surface area contributed by atoms with Crippen molar-refractivity contribution in [2.45, 2.75) is 17.2 Å². The van der Waals surface area contributed by atoms with E-state index in [0.717, 1.165) is 5.56 Å². The first-order chi connectivity index (χ1) is 15.2. The smallest absolute Gasteiger partial charge is 0.287 e. The molecule has 2 aromatic carbocycles. The summed E-state index contributed by atoms with van der Waals surface area (Å²) in [4.78, 5) is 35.1. The molecule has 0 radical (unpaired) electrons. The highest BCUT2D eigenvalue weighted by molar-refractivity contribution is 7.90. The van der Waals surface area contributed by atoms with Gasteiger partial charge < -0.3 is 20.8 Å². The Balaban J connectivity index is 1.55. The molecule has 10 heteroatoms. The third-order valence-electron chi connectivity index (χ3n) is 4.41. The Kier molecular flexibility index (Phi) is 7.06. The largest absolute Gasteiger partial charge is 0.455 e. The van der Waals surface area contributed by atoms with E-state index in [9.17, 15) is 22.8 Å². The number of hydrogen-bond acceptors (Lipinski definition) is 6. The standard InChI is InChI=1S/C22H21N3O6S/c23-20(26)13-25-21(27)16-8-6-15(7-9-16)12-24-22(28)19-11-10-17(31-19)14-32(29,30)18-4-2-1-3-5-18/h1-11H,12-14H2,(H2,23,26)(H,24,28)(H,25,27).